The van der Waals surface area contributed by atoms with Crippen LogP contribution in [-0.2, 0) is 25.1 Å². The van der Waals surface area contributed by atoms with Crippen molar-refractivity contribution in [3.8, 4) is 10.8 Å². The predicted molar refractivity (Wildman–Crippen MR) is 127 cm³/mol. The molecular formula is C23H20N4OS3. The van der Waals surface area contributed by atoms with Gasteiger partial charge in [-0.2, -0.15) is 0 Å². The zero-order chi connectivity index (χ0) is 20.9. The largest absolute Gasteiger partial charge is 0.444 e. The Kier molecular flexibility index (Phi) is 6.29. The van der Waals surface area contributed by atoms with E-state index in [0.29, 0.717) is 11.6 Å². The maximum Gasteiger partial charge on any atom is 0.236 e. The molecule has 0 aliphatic heterocycles. The second-order valence-electron chi connectivity index (χ2n) is 6.95. The predicted octanol–water partition coefficient (Wildman–Crippen LogP) is 6.18. The Labute approximate surface area is 192 Å². The summed E-state index contributed by atoms with van der Waals surface area (Å²) in [4.78, 5) is 6.96. The van der Waals surface area contributed by atoms with Crippen molar-refractivity contribution in [1.82, 2.24) is 19.7 Å². The van der Waals surface area contributed by atoms with E-state index >= 15 is 0 Å². The number of nitrogens with zero attached hydrogens (tertiary/aromatic N) is 4. The van der Waals surface area contributed by atoms with Crippen molar-refractivity contribution in [2.45, 2.75) is 30.3 Å². The smallest absolute Gasteiger partial charge is 0.236 e. The lowest BCUT2D eigenvalue weighted by molar-refractivity contribution is 0.575. The molecule has 0 fully saturated rings. The minimum atomic E-state index is 0.675. The van der Waals surface area contributed by atoms with Crippen LogP contribution in [0.3, 0.4) is 0 Å². The van der Waals surface area contributed by atoms with Gasteiger partial charge in [-0.25, -0.2) is 4.98 Å². The van der Waals surface area contributed by atoms with Crippen LogP contribution in [0, 0.1) is 0 Å². The Bertz CT molecular complexity index is 1210. The summed E-state index contributed by atoms with van der Waals surface area (Å²) in [5.74, 6) is 2.37. The second-order valence-corrected chi connectivity index (χ2v) is 9.87. The number of oxazole rings is 1. The summed E-state index contributed by atoms with van der Waals surface area (Å²) in [5.41, 5.74) is 2.22. The lowest BCUT2D eigenvalue weighted by Crippen LogP contribution is -2.08. The molecule has 0 saturated heterocycles. The Morgan fingerprint density at radius 3 is 2.61 bits per heavy atom. The molecule has 0 N–H and O–H groups in total. The van der Waals surface area contributed by atoms with E-state index in [2.05, 4.69) is 61.5 Å². The highest BCUT2D eigenvalue weighted by atomic mass is 32.2. The zero-order valence-electron chi connectivity index (χ0n) is 16.7. The van der Waals surface area contributed by atoms with Crippen LogP contribution in [0.2, 0.25) is 0 Å². The van der Waals surface area contributed by atoms with Gasteiger partial charge >= 0.3 is 0 Å². The van der Waals surface area contributed by atoms with E-state index in [1.807, 2.05) is 23.6 Å². The molecule has 0 aliphatic rings. The average Bonchev–Trinajstić information content (AvgIpc) is 3.60. The molecule has 156 valence electrons. The van der Waals surface area contributed by atoms with Crippen molar-refractivity contribution in [3.63, 3.8) is 0 Å². The first-order chi connectivity index (χ1) is 15.3. The Morgan fingerprint density at radius 1 is 0.935 bits per heavy atom. The van der Waals surface area contributed by atoms with Gasteiger partial charge in [0.1, 0.15) is 12.1 Å². The first-order valence-corrected chi connectivity index (χ1v) is 12.7. The van der Waals surface area contributed by atoms with Crippen LogP contribution < -0.4 is 0 Å². The zero-order valence-corrected chi connectivity index (χ0v) is 19.1. The van der Waals surface area contributed by atoms with Gasteiger partial charge in [0, 0.05) is 23.6 Å². The maximum atomic E-state index is 5.65. The molecule has 0 aliphatic carbocycles. The molecule has 0 saturated carbocycles. The molecule has 5 nitrogen and oxygen atoms in total. The van der Waals surface area contributed by atoms with Gasteiger partial charge in [0.05, 0.1) is 10.6 Å². The van der Waals surface area contributed by atoms with Crippen LogP contribution in [0.25, 0.3) is 10.8 Å². The van der Waals surface area contributed by atoms with Crippen LogP contribution in [-0.4, -0.2) is 19.7 Å². The summed E-state index contributed by atoms with van der Waals surface area (Å²) in [6, 6.07) is 18.8. The van der Waals surface area contributed by atoms with Crippen molar-refractivity contribution < 1.29 is 4.42 Å². The third-order valence-corrected chi connectivity index (χ3v) is 7.54. The maximum absolute atomic E-state index is 5.65. The van der Waals surface area contributed by atoms with Crippen LogP contribution in [0.5, 0.6) is 0 Å². The van der Waals surface area contributed by atoms with Crippen molar-refractivity contribution in [3.05, 3.63) is 93.6 Å². The fourth-order valence-corrected chi connectivity index (χ4v) is 5.48. The van der Waals surface area contributed by atoms with Gasteiger partial charge in [-0.3, -0.25) is 0 Å². The molecule has 0 unspecified atom stereocenters. The minimum absolute atomic E-state index is 0.675. The number of rotatable bonds is 9. The summed E-state index contributed by atoms with van der Waals surface area (Å²) in [6.07, 6.45) is 3.47. The molecule has 4 heterocycles. The Balaban J connectivity index is 1.32. The van der Waals surface area contributed by atoms with Crippen LogP contribution >= 0.6 is 34.4 Å². The first kappa shape index (κ1) is 20.2. The lowest BCUT2D eigenvalue weighted by atomic mass is 10.1. The molecule has 8 heteroatoms. The van der Waals surface area contributed by atoms with Gasteiger partial charge < -0.3 is 8.98 Å². The Hall–Kier alpha value is -2.68. The second kappa shape index (κ2) is 9.64. The summed E-state index contributed by atoms with van der Waals surface area (Å²) in [5, 5.41) is 14.1. The normalized spacial score (nSPS) is 11.2. The summed E-state index contributed by atoms with van der Waals surface area (Å²) in [6.45, 7) is 0.847. The monoisotopic (exact) mass is 464 g/mol. The molecule has 0 radical (unpaired) electrons. The Morgan fingerprint density at radius 2 is 1.81 bits per heavy atom. The van der Waals surface area contributed by atoms with E-state index in [4.69, 9.17) is 4.42 Å². The van der Waals surface area contributed by atoms with Crippen molar-refractivity contribution in [2.24, 2.45) is 0 Å². The highest BCUT2D eigenvalue weighted by molar-refractivity contribution is 7.98. The SMILES string of the molecule is c1ccc(CCn2c(Cc3cccs3)nnc2SCc2coc(-c3cccs3)n2)cc1. The quantitative estimate of drug-likeness (QED) is 0.244. The highest BCUT2D eigenvalue weighted by Gasteiger charge is 2.15. The molecule has 1 aromatic carbocycles. The highest BCUT2D eigenvalue weighted by Crippen LogP contribution is 2.27. The molecule has 0 spiro atoms. The van der Waals surface area contributed by atoms with E-state index in [1.54, 1.807) is 40.7 Å². The van der Waals surface area contributed by atoms with E-state index in [-0.39, 0.29) is 0 Å². The van der Waals surface area contributed by atoms with Crippen LogP contribution in [0.4, 0.5) is 0 Å². The molecule has 31 heavy (non-hydrogen) atoms. The number of hydrogen-bond acceptors (Lipinski definition) is 7. The number of aryl methyl sites for hydroxylation is 1. The number of aromatic nitrogens is 4. The third-order valence-electron chi connectivity index (χ3n) is 4.81. The molecule has 0 atom stereocenters. The van der Waals surface area contributed by atoms with Crippen LogP contribution in [0.15, 0.2) is 81.2 Å². The van der Waals surface area contributed by atoms with Crippen molar-refractivity contribution in [1.29, 1.82) is 0 Å². The molecule has 0 bridgehead atoms. The third kappa shape index (κ3) is 4.98. The minimum Gasteiger partial charge on any atom is -0.444 e. The number of thioether (sulfide) groups is 1. The molecule has 4 aromatic heterocycles. The van der Waals surface area contributed by atoms with Gasteiger partial charge in [-0.05, 0) is 34.9 Å². The van der Waals surface area contributed by atoms with Crippen molar-refractivity contribution in [2.75, 3.05) is 0 Å². The van der Waals surface area contributed by atoms with Gasteiger partial charge in [0.15, 0.2) is 5.16 Å². The summed E-state index contributed by atoms with van der Waals surface area (Å²) >= 11 is 5.03. The van der Waals surface area contributed by atoms with Gasteiger partial charge in [0.2, 0.25) is 5.89 Å². The van der Waals surface area contributed by atoms with Crippen molar-refractivity contribution >= 4 is 34.4 Å². The molecular weight excluding hydrogens is 444 g/mol. The molecule has 5 rings (SSSR count). The van der Waals surface area contributed by atoms with Gasteiger partial charge in [-0.1, -0.05) is 54.2 Å². The van der Waals surface area contributed by atoms with E-state index in [9.17, 15) is 0 Å². The molecule has 0 amide bonds. The lowest BCUT2D eigenvalue weighted by Gasteiger charge is -2.10. The fraction of sp³-hybridized carbons (Fsp3) is 0.174. The van der Waals surface area contributed by atoms with E-state index in [0.717, 1.165) is 40.9 Å². The number of benzene rings is 1. The topological polar surface area (TPSA) is 56.7 Å². The van der Waals surface area contributed by atoms with E-state index < -0.39 is 0 Å². The van der Waals surface area contributed by atoms with E-state index in [1.165, 1.54) is 10.4 Å². The van der Waals surface area contributed by atoms with Crippen LogP contribution in [0.1, 0.15) is 22.0 Å². The van der Waals surface area contributed by atoms with Gasteiger partial charge in [0.25, 0.3) is 0 Å². The standard InChI is InChI=1S/C23H20N4OS3/c1-2-6-17(7-3-1)10-11-27-21(14-19-8-4-12-29-19)25-26-23(27)31-16-18-15-28-22(24-18)20-9-5-13-30-20/h1-9,12-13,15H,10-11,14,16H2. The molecule has 5 aromatic rings. The first-order valence-electron chi connectivity index (χ1n) is 9.94. The fourth-order valence-electron chi connectivity index (χ4n) is 3.26. The summed E-state index contributed by atoms with van der Waals surface area (Å²) < 4.78 is 7.90. The number of thiophene rings is 2. The summed E-state index contributed by atoms with van der Waals surface area (Å²) in [7, 11) is 0. The average molecular weight is 465 g/mol. The van der Waals surface area contributed by atoms with Gasteiger partial charge in [-0.15, -0.1) is 32.9 Å². The number of hydrogen-bond donors (Lipinski definition) is 0.